The molecule has 0 aliphatic carbocycles. The fraction of sp³-hybridized carbons (Fsp3) is 0.588. The van der Waals surface area contributed by atoms with Crippen molar-refractivity contribution in [3.63, 3.8) is 0 Å². The average molecular weight is 290 g/mol. The van der Waals surface area contributed by atoms with E-state index in [4.69, 9.17) is 10.5 Å². The number of carbonyl (C=O) groups excluding carboxylic acids is 1. The van der Waals surface area contributed by atoms with E-state index in [9.17, 15) is 4.79 Å². The molecule has 2 rings (SSSR count). The summed E-state index contributed by atoms with van der Waals surface area (Å²) in [5, 5.41) is 0. The highest BCUT2D eigenvalue weighted by molar-refractivity contribution is 5.76. The molecule has 1 amide bonds. The minimum atomic E-state index is 0.0659. The summed E-state index contributed by atoms with van der Waals surface area (Å²) in [6.07, 6.45) is 2.44. The molecule has 1 fully saturated rings. The zero-order valence-corrected chi connectivity index (χ0v) is 13.0. The topological polar surface area (TPSA) is 55.6 Å². The zero-order chi connectivity index (χ0) is 15.2. The first-order valence-corrected chi connectivity index (χ1v) is 7.90. The molecule has 1 aromatic carbocycles. The van der Waals surface area contributed by atoms with Gasteiger partial charge in [-0.25, -0.2) is 0 Å². The first-order valence-electron chi connectivity index (χ1n) is 7.90. The highest BCUT2D eigenvalue weighted by Gasteiger charge is 2.28. The summed E-state index contributed by atoms with van der Waals surface area (Å²) in [6.45, 7) is 6.15. The van der Waals surface area contributed by atoms with E-state index in [1.165, 1.54) is 5.56 Å². The monoisotopic (exact) mass is 290 g/mol. The Balaban J connectivity index is 2.06. The van der Waals surface area contributed by atoms with E-state index < -0.39 is 0 Å². The van der Waals surface area contributed by atoms with Gasteiger partial charge in [-0.1, -0.05) is 19.1 Å². The lowest BCUT2D eigenvalue weighted by Gasteiger charge is -2.36. The third-order valence-electron chi connectivity index (χ3n) is 3.96. The Morgan fingerprint density at radius 2 is 2.00 bits per heavy atom. The summed E-state index contributed by atoms with van der Waals surface area (Å²) in [4.78, 5) is 14.0. The Labute approximate surface area is 127 Å². The summed E-state index contributed by atoms with van der Waals surface area (Å²) >= 11 is 0. The maximum absolute atomic E-state index is 12.1. The predicted octanol–water partition coefficient (Wildman–Crippen LogP) is 2.53. The van der Waals surface area contributed by atoms with Crippen molar-refractivity contribution < 1.29 is 9.53 Å². The molecule has 116 valence electrons. The van der Waals surface area contributed by atoms with E-state index in [-0.39, 0.29) is 11.9 Å². The van der Waals surface area contributed by atoms with Crippen LogP contribution in [0.3, 0.4) is 0 Å². The van der Waals surface area contributed by atoms with Crippen LogP contribution in [0.25, 0.3) is 0 Å². The van der Waals surface area contributed by atoms with E-state index >= 15 is 0 Å². The molecule has 0 spiro atoms. The third kappa shape index (κ3) is 4.21. The fourth-order valence-electron chi connectivity index (χ4n) is 2.96. The largest absolute Gasteiger partial charge is 0.494 e. The second-order valence-corrected chi connectivity index (χ2v) is 5.74. The molecule has 0 radical (unpaired) electrons. The van der Waals surface area contributed by atoms with Crippen molar-refractivity contribution in [2.45, 2.75) is 45.1 Å². The van der Waals surface area contributed by atoms with Gasteiger partial charge in [0.05, 0.1) is 6.61 Å². The van der Waals surface area contributed by atoms with Crippen LogP contribution in [0.4, 0.5) is 0 Å². The smallest absolute Gasteiger partial charge is 0.222 e. The molecule has 0 bridgehead atoms. The van der Waals surface area contributed by atoms with Crippen molar-refractivity contribution in [2.24, 2.45) is 5.73 Å². The second kappa shape index (κ2) is 7.46. The molecule has 4 heteroatoms. The van der Waals surface area contributed by atoms with E-state index in [2.05, 4.69) is 12.1 Å². The van der Waals surface area contributed by atoms with E-state index in [1.807, 2.05) is 30.9 Å². The number of benzene rings is 1. The molecule has 4 nitrogen and oxygen atoms in total. The van der Waals surface area contributed by atoms with Crippen LogP contribution in [-0.2, 0) is 4.79 Å². The Kier molecular flexibility index (Phi) is 5.62. The van der Waals surface area contributed by atoms with E-state index in [0.717, 1.165) is 25.1 Å². The molecule has 1 aromatic rings. The Morgan fingerprint density at radius 1 is 1.29 bits per heavy atom. The van der Waals surface area contributed by atoms with Crippen molar-refractivity contribution >= 4 is 5.91 Å². The second-order valence-electron chi connectivity index (χ2n) is 5.74. The Hall–Kier alpha value is -1.55. The first kappa shape index (κ1) is 15.8. The molecular formula is C17H26N2O2. The molecule has 2 atom stereocenters. The van der Waals surface area contributed by atoms with Crippen LogP contribution in [0.5, 0.6) is 5.75 Å². The number of nitrogens with two attached hydrogens (primary N) is 1. The number of piperidine rings is 1. The van der Waals surface area contributed by atoms with Gasteiger partial charge < -0.3 is 15.4 Å². The molecule has 2 N–H and O–H groups in total. The number of carbonyl (C=O) groups is 1. The van der Waals surface area contributed by atoms with Crippen molar-refractivity contribution in [1.29, 1.82) is 0 Å². The van der Waals surface area contributed by atoms with Crippen LogP contribution < -0.4 is 10.5 Å². The molecule has 1 saturated heterocycles. The van der Waals surface area contributed by atoms with Crippen LogP contribution in [0, 0.1) is 0 Å². The average Bonchev–Trinajstić information content (AvgIpc) is 2.48. The molecule has 0 saturated carbocycles. The SMILES string of the molecule is CCCC(=O)N1CC(N)CC(c2ccc(OCC)cc2)C1. The third-order valence-corrected chi connectivity index (χ3v) is 3.96. The minimum Gasteiger partial charge on any atom is -0.494 e. The lowest BCUT2D eigenvalue weighted by molar-refractivity contribution is -0.132. The van der Waals surface area contributed by atoms with Gasteiger partial charge in [0.1, 0.15) is 5.75 Å². The van der Waals surface area contributed by atoms with Gasteiger partial charge in [-0.3, -0.25) is 4.79 Å². The molecule has 1 aliphatic heterocycles. The molecular weight excluding hydrogens is 264 g/mol. The van der Waals surface area contributed by atoms with Crippen molar-refractivity contribution in [3.8, 4) is 5.75 Å². The highest BCUT2D eigenvalue weighted by Crippen LogP contribution is 2.28. The van der Waals surface area contributed by atoms with Gasteiger partial charge in [-0.05, 0) is 37.5 Å². The Morgan fingerprint density at radius 3 is 2.62 bits per heavy atom. The quantitative estimate of drug-likeness (QED) is 0.906. The first-order chi connectivity index (χ1) is 10.1. The van der Waals surface area contributed by atoms with Crippen molar-refractivity contribution in [2.75, 3.05) is 19.7 Å². The summed E-state index contributed by atoms with van der Waals surface area (Å²) in [5.74, 6) is 1.44. The maximum atomic E-state index is 12.1. The van der Waals surface area contributed by atoms with Crippen molar-refractivity contribution in [3.05, 3.63) is 29.8 Å². The lowest BCUT2D eigenvalue weighted by atomic mass is 9.88. The summed E-state index contributed by atoms with van der Waals surface area (Å²) in [5.41, 5.74) is 7.38. The number of rotatable bonds is 5. The zero-order valence-electron chi connectivity index (χ0n) is 13.0. The summed E-state index contributed by atoms with van der Waals surface area (Å²) in [6, 6.07) is 8.25. The van der Waals surface area contributed by atoms with Crippen LogP contribution >= 0.6 is 0 Å². The maximum Gasteiger partial charge on any atom is 0.222 e. The molecule has 21 heavy (non-hydrogen) atoms. The molecule has 0 aromatic heterocycles. The molecule has 2 unspecified atom stereocenters. The number of ether oxygens (including phenoxy) is 1. The van der Waals surface area contributed by atoms with Gasteiger partial charge in [-0.2, -0.15) is 0 Å². The summed E-state index contributed by atoms with van der Waals surface area (Å²) < 4.78 is 5.47. The van der Waals surface area contributed by atoms with Gasteiger partial charge in [0, 0.05) is 31.5 Å². The van der Waals surface area contributed by atoms with Gasteiger partial charge in [0.15, 0.2) is 0 Å². The van der Waals surface area contributed by atoms with Gasteiger partial charge in [-0.15, -0.1) is 0 Å². The number of nitrogens with zero attached hydrogens (tertiary/aromatic N) is 1. The van der Waals surface area contributed by atoms with E-state index in [0.29, 0.717) is 25.5 Å². The molecule has 1 aliphatic rings. The van der Waals surface area contributed by atoms with Crippen LogP contribution in [-0.4, -0.2) is 36.5 Å². The van der Waals surface area contributed by atoms with Crippen LogP contribution in [0.2, 0.25) is 0 Å². The van der Waals surface area contributed by atoms with Gasteiger partial charge in [0.2, 0.25) is 5.91 Å². The van der Waals surface area contributed by atoms with Crippen molar-refractivity contribution in [1.82, 2.24) is 4.90 Å². The highest BCUT2D eigenvalue weighted by atomic mass is 16.5. The Bertz CT molecular complexity index is 458. The van der Waals surface area contributed by atoms with Crippen LogP contribution in [0.15, 0.2) is 24.3 Å². The van der Waals surface area contributed by atoms with E-state index in [1.54, 1.807) is 0 Å². The number of hydrogen-bond donors (Lipinski definition) is 1. The van der Waals surface area contributed by atoms with Gasteiger partial charge >= 0.3 is 0 Å². The lowest BCUT2D eigenvalue weighted by Crippen LogP contribution is -2.48. The molecule has 1 heterocycles. The standard InChI is InChI=1S/C17H26N2O2/c1-3-5-17(20)19-11-14(10-15(18)12-19)13-6-8-16(9-7-13)21-4-2/h6-9,14-15H,3-5,10-12,18H2,1-2H3. The fourth-order valence-corrected chi connectivity index (χ4v) is 2.96. The van der Waals surface area contributed by atoms with Gasteiger partial charge in [0.25, 0.3) is 0 Å². The number of likely N-dealkylation sites (tertiary alicyclic amines) is 1. The minimum absolute atomic E-state index is 0.0659. The summed E-state index contributed by atoms with van der Waals surface area (Å²) in [7, 11) is 0. The number of amides is 1. The normalized spacial score (nSPS) is 22.1. The van der Waals surface area contributed by atoms with Crippen LogP contribution in [0.1, 0.15) is 44.6 Å². The predicted molar refractivity (Wildman–Crippen MR) is 84.4 cm³/mol. The number of hydrogen-bond acceptors (Lipinski definition) is 3.